The molecule has 0 saturated heterocycles. The van der Waals surface area contributed by atoms with Crippen molar-refractivity contribution in [1.82, 2.24) is 15.0 Å². The minimum Gasteiger partial charge on any atom is -0.435 e. The molecule has 1 aliphatic rings. The summed E-state index contributed by atoms with van der Waals surface area (Å²) in [5.41, 5.74) is 1.96. The fourth-order valence-corrected chi connectivity index (χ4v) is 3.86. The van der Waals surface area contributed by atoms with Crippen LogP contribution in [0.25, 0.3) is 10.9 Å². The first kappa shape index (κ1) is 24.2. The lowest BCUT2D eigenvalue weighted by atomic mass is 10.1. The Morgan fingerprint density at radius 3 is 2.51 bits per heavy atom. The predicted molar refractivity (Wildman–Crippen MR) is 125 cm³/mol. The van der Waals surface area contributed by atoms with Crippen LogP contribution in [0, 0.1) is 0 Å². The summed E-state index contributed by atoms with van der Waals surface area (Å²) in [6, 6.07) is 13.6. The molecule has 2 aromatic heterocycles. The van der Waals surface area contributed by atoms with Crippen molar-refractivity contribution in [3.63, 3.8) is 0 Å². The van der Waals surface area contributed by atoms with Crippen LogP contribution in [0.5, 0.6) is 5.75 Å². The minimum absolute atomic E-state index is 0.0442. The van der Waals surface area contributed by atoms with Gasteiger partial charge in [0.2, 0.25) is 5.95 Å². The van der Waals surface area contributed by atoms with Crippen molar-refractivity contribution in [1.29, 1.82) is 0 Å². The summed E-state index contributed by atoms with van der Waals surface area (Å²) in [5.74, 6) is -0.389. The predicted octanol–water partition coefficient (Wildman–Crippen LogP) is 5.88. The number of fused-ring (bicyclic) bond motifs is 2. The third-order valence-electron chi connectivity index (χ3n) is 5.47. The number of ether oxygens (including phenoxy) is 1. The van der Waals surface area contributed by atoms with E-state index in [0.29, 0.717) is 11.3 Å². The van der Waals surface area contributed by atoms with Gasteiger partial charge in [0, 0.05) is 29.0 Å². The summed E-state index contributed by atoms with van der Waals surface area (Å²) < 4.78 is 67.6. The number of hydrogen-bond acceptors (Lipinski definition) is 6. The molecular weight excluding hydrogens is 499 g/mol. The molecule has 0 bridgehead atoms. The number of pyridine rings is 1. The Morgan fingerprint density at radius 2 is 1.78 bits per heavy atom. The van der Waals surface area contributed by atoms with E-state index in [0.717, 1.165) is 10.9 Å². The van der Waals surface area contributed by atoms with Crippen molar-refractivity contribution < 1.29 is 31.5 Å². The van der Waals surface area contributed by atoms with Gasteiger partial charge in [0.15, 0.2) is 5.82 Å². The Hall–Kier alpha value is -4.55. The van der Waals surface area contributed by atoms with Crippen LogP contribution >= 0.6 is 0 Å². The molecule has 0 spiro atoms. The number of urea groups is 1. The third-order valence-corrected chi connectivity index (χ3v) is 5.47. The first-order valence-electron chi connectivity index (χ1n) is 10.9. The number of aromatic nitrogens is 3. The lowest BCUT2D eigenvalue weighted by Gasteiger charge is -2.36. The van der Waals surface area contributed by atoms with E-state index in [1.807, 2.05) is 6.07 Å². The number of carbonyl (C=O) groups is 1. The highest BCUT2D eigenvalue weighted by Crippen LogP contribution is 2.37. The van der Waals surface area contributed by atoms with Gasteiger partial charge >= 0.3 is 18.8 Å². The zero-order chi connectivity index (χ0) is 26.2. The van der Waals surface area contributed by atoms with Gasteiger partial charge in [-0.25, -0.2) is 14.7 Å². The Balaban J connectivity index is 1.56. The number of benzene rings is 2. The van der Waals surface area contributed by atoms with E-state index in [9.17, 15) is 26.7 Å². The molecule has 0 fully saturated rings. The number of alkyl halides is 5. The molecule has 3 heterocycles. The Labute approximate surface area is 206 Å². The van der Waals surface area contributed by atoms with Crippen molar-refractivity contribution in [2.24, 2.45) is 0 Å². The van der Waals surface area contributed by atoms with Gasteiger partial charge in [0.05, 0.1) is 17.7 Å². The number of amides is 2. The Bertz CT molecular complexity index is 1450. The standard InChI is InChI=1S/C24H17F5N6O2/c25-21(26)37-18-6-3-16(4-7-18)35-20-15(11-31-22(33-20)32-13-24(27,28)29)12-34(23(35)36)17-5-8-19-14(10-17)2-1-9-30-19/h1-11,21H,12-13H2,(H,31,32,33). The molecule has 0 atom stereocenters. The number of hydrogen-bond donors (Lipinski definition) is 1. The van der Waals surface area contributed by atoms with Gasteiger partial charge in [-0.3, -0.25) is 9.88 Å². The molecule has 0 aliphatic carbocycles. The molecule has 0 radical (unpaired) electrons. The third kappa shape index (κ3) is 5.20. The second-order valence-corrected chi connectivity index (χ2v) is 7.97. The number of rotatable bonds is 6. The van der Waals surface area contributed by atoms with Crippen LogP contribution in [-0.4, -0.2) is 40.3 Å². The highest BCUT2D eigenvalue weighted by atomic mass is 19.4. The summed E-state index contributed by atoms with van der Waals surface area (Å²) in [6.45, 7) is -4.35. The molecule has 1 N–H and O–H groups in total. The molecule has 0 unspecified atom stereocenters. The molecule has 13 heteroatoms. The Kier molecular flexibility index (Phi) is 6.19. The number of anilines is 4. The first-order chi connectivity index (χ1) is 17.7. The van der Waals surface area contributed by atoms with Crippen molar-refractivity contribution in [2.75, 3.05) is 21.7 Å². The average Bonchev–Trinajstić information content (AvgIpc) is 2.87. The number of nitrogens with one attached hydrogen (secondary N) is 1. The molecule has 0 saturated carbocycles. The molecule has 5 rings (SSSR count). The average molecular weight is 516 g/mol. The fourth-order valence-electron chi connectivity index (χ4n) is 3.86. The summed E-state index contributed by atoms with van der Waals surface area (Å²) >= 11 is 0. The molecule has 4 aromatic rings. The van der Waals surface area contributed by atoms with Gasteiger partial charge in [0.25, 0.3) is 0 Å². The summed E-state index contributed by atoms with van der Waals surface area (Å²) in [5, 5.41) is 2.90. The maximum Gasteiger partial charge on any atom is 0.405 e. The first-order valence-corrected chi connectivity index (χ1v) is 10.9. The largest absolute Gasteiger partial charge is 0.435 e. The van der Waals surface area contributed by atoms with Crippen molar-refractivity contribution >= 4 is 40.1 Å². The van der Waals surface area contributed by atoms with E-state index in [1.54, 1.807) is 30.5 Å². The second-order valence-electron chi connectivity index (χ2n) is 7.97. The van der Waals surface area contributed by atoms with Gasteiger partial charge in [-0.1, -0.05) is 6.07 Å². The molecule has 190 valence electrons. The summed E-state index contributed by atoms with van der Waals surface area (Å²) in [6.07, 6.45) is -1.52. The van der Waals surface area contributed by atoms with Gasteiger partial charge in [-0.2, -0.15) is 26.9 Å². The van der Waals surface area contributed by atoms with E-state index in [4.69, 9.17) is 0 Å². The monoisotopic (exact) mass is 516 g/mol. The molecule has 1 aliphatic heterocycles. The van der Waals surface area contributed by atoms with Crippen LogP contribution < -0.4 is 19.9 Å². The number of halogens is 5. The van der Waals surface area contributed by atoms with E-state index in [2.05, 4.69) is 25.0 Å². The normalized spacial score (nSPS) is 13.7. The van der Waals surface area contributed by atoms with E-state index < -0.39 is 25.4 Å². The lowest BCUT2D eigenvalue weighted by Crippen LogP contribution is -2.45. The molecule has 8 nitrogen and oxygen atoms in total. The SMILES string of the molecule is O=C1N(c2ccc3ncccc3c2)Cc2cnc(NCC(F)(F)F)nc2N1c1ccc(OC(F)F)cc1. The molecular formula is C24H17F5N6O2. The second kappa shape index (κ2) is 9.48. The van der Waals surface area contributed by atoms with E-state index in [1.165, 1.54) is 40.3 Å². The minimum atomic E-state index is -4.50. The zero-order valence-electron chi connectivity index (χ0n) is 18.8. The quantitative estimate of drug-likeness (QED) is 0.323. The maximum atomic E-state index is 13.7. The maximum absolute atomic E-state index is 13.7. The summed E-state index contributed by atoms with van der Waals surface area (Å²) in [4.78, 5) is 28.8. The molecule has 2 amide bonds. The number of carbonyl (C=O) groups excluding carboxylic acids is 1. The lowest BCUT2D eigenvalue weighted by molar-refractivity contribution is -0.115. The van der Waals surface area contributed by atoms with Crippen LogP contribution in [0.15, 0.2) is 67.0 Å². The highest BCUT2D eigenvalue weighted by Gasteiger charge is 2.35. The molecule has 2 aromatic carbocycles. The Morgan fingerprint density at radius 1 is 1.03 bits per heavy atom. The van der Waals surface area contributed by atoms with Crippen molar-refractivity contribution in [2.45, 2.75) is 19.3 Å². The van der Waals surface area contributed by atoms with Gasteiger partial charge in [-0.05, 0) is 48.5 Å². The van der Waals surface area contributed by atoms with Crippen LogP contribution in [0.4, 0.5) is 49.9 Å². The topological polar surface area (TPSA) is 83.5 Å². The fraction of sp³-hybridized carbons (Fsp3) is 0.167. The van der Waals surface area contributed by atoms with E-state index in [-0.39, 0.29) is 29.7 Å². The summed E-state index contributed by atoms with van der Waals surface area (Å²) in [7, 11) is 0. The van der Waals surface area contributed by atoms with Gasteiger partial charge in [-0.15, -0.1) is 0 Å². The molecule has 37 heavy (non-hydrogen) atoms. The van der Waals surface area contributed by atoms with Crippen LogP contribution in [0.2, 0.25) is 0 Å². The number of nitrogens with zero attached hydrogens (tertiary/aromatic N) is 5. The van der Waals surface area contributed by atoms with Crippen molar-refractivity contribution in [3.8, 4) is 5.75 Å². The van der Waals surface area contributed by atoms with E-state index >= 15 is 0 Å². The van der Waals surface area contributed by atoms with Crippen molar-refractivity contribution in [3.05, 3.63) is 72.6 Å². The smallest absolute Gasteiger partial charge is 0.405 e. The van der Waals surface area contributed by atoms with Gasteiger partial charge < -0.3 is 10.1 Å². The van der Waals surface area contributed by atoms with Crippen LogP contribution in [0.1, 0.15) is 5.56 Å². The highest BCUT2D eigenvalue weighted by molar-refractivity contribution is 6.10. The van der Waals surface area contributed by atoms with Gasteiger partial charge in [0.1, 0.15) is 12.3 Å². The zero-order valence-corrected chi connectivity index (χ0v) is 18.8. The van der Waals surface area contributed by atoms with Crippen LogP contribution in [0.3, 0.4) is 0 Å². The van der Waals surface area contributed by atoms with Crippen LogP contribution in [-0.2, 0) is 6.54 Å².